The summed E-state index contributed by atoms with van der Waals surface area (Å²) in [5.41, 5.74) is -2.82. The molecule has 21 heavy (non-hydrogen) atoms. The lowest BCUT2D eigenvalue weighted by atomic mass is 9.98. The maximum Gasteiger partial charge on any atom is 0.433 e. The van der Waals surface area contributed by atoms with Gasteiger partial charge >= 0.3 is 11.9 Å². The summed E-state index contributed by atoms with van der Waals surface area (Å²) in [4.78, 5) is 13.2. The van der Waals surface area contributed by atoms with Crippen molar-refractivity contribution in [3.8, 4) is 0 Å². The van der Waals surface area contributed by atoms with Crippen LogP contribution >= 0.6 is 0 Å². The molecule has 1 fully saturated rings. The summed E-state index contributed by atoms with van der Waals surface area (Å²) >= 11 is 0. The molecule has 0 aromatic carbocycles. The van der Waals surface area contributed by atoms with Gasteiger partial charge in [0.15, 0.2) is 0 Å². The molecular formula is C12H14F3N3O3. The fraction of sp³-hybridized carbons (Fsp3) is 0.583. The fourth-order valence-corrected chi connectivity index (χ4v) is 2.51. The molecule has 9 heteroatoms. The Balaban J connectivity index is 2.41. The Bertz CT molecular complexity index is 542. The van der Waals surface area contributed by atoms with Gasteiger partial charge in [-0.05, 0) is 18.9 Å². The van der Waals surface area contributed by atoms with E-state index < -0.39 is 28.0 Å². The topological polar surface area (TPSA) is 88.3 Å². The van der Waals surface area contributed by atoms with Crippen LogP contribution in [0.4, 0.5) is 24.5 Å². The Morgan fingerprint density at radius 1 is 1.43 bits per heavy atom. The van der Waals surface area contributed by atoms with Crippen LogP contribution in [-0.4, -0.2) is 27.2 Å². The second-order valence-corrected chi connectivity index (χ2v) is 5.11. The molecule has 0 radical (unpaired) electrons. The zero-order chi connectivity index (χ0) is 15.7. The van der Waals surface area contributed by atoms with Gasteiger partial charge < -0.3 is 10.4 Å². The lowest BCUT2D eigenvalue weighted by Crippen LogP contribution is -2.39. The molecular weight excluding hydrogens is 291 g/mol. The van der Waals surface area contributed by atoms with Crippen LogP contribution in [0.2, 0.25) is 0 Å². The van der Waals surface area contributed by atoms with Crippen LogP contribution in [0.25, 0.3) is 0 Å². The highest BCUT2D eigenvalue weighted by Gasteiger charge is 2.38. The summed E-state index contributed by atoms with van der Waals surface area (Å²) in [6.07, 6.45) is -1.40. The average molecular weight is 305 g/mol. The van der Waals surface area contributed by atoms with E-state index >= 15 is 0 Å². The summed E-state index contributed by atoms with van der Waals surface area (Å²) in [5.74, 6) is 0. The van der Waals surface area contributed by atoms with Crippen molar-refractivity contribution in [2.75, 3.05) is 11.9 Å². The third kappa shape index (κ3) is 3.23. The summed E-state index contributed by atoms with van der Waals surface area (Å²) < 4.78 is 38.0. The highest BCUT2D eigenvalue weighted by Crippen LogP contribution is 2.38. The van der Waals surface area contributed by atoms with Gasteiger partial charge in [0.1, 0.15) is 17.6 Å². The summed E-state index contributed by atoms with van der Waals surface area (Å²) in [6.45, 7) is -0.298. The Labute approximate surface area is 118 Å². The van der Waals surface area contributed by atoms with E-state index in [1.165, 1.54) is 0 Å². The van der Waals surface area contributed by atoms with Gasteiger partial charge in [0.05, 0.1) is 17.1 Å². The summed E-state index contributed by atoms with van der Waals surface area (Å²) in [6, 6.07) is 0.619. The van der Waals surface area contributed by atoms with Gasteiger partial charge in [-0.3, -0.25) is 10.1 Å². The maximum atomic E-state index is 12.7. The second kappa shape index (κ2) is 5.47. The molecule has 1 aliphatic carbocycles. The number of aromatic nitrogens is 1. The number of hydrogen-bond donors (Lipinski definition) is 2. The van der Waals surface area contributed by atoms with Crippen molar-refractivity contribution in [1.82, 2.24) is 4.98 Å². The third-order valence-electron chi connectivity index (χ3n) is 3.63. The van der Waals surface area contributed by atoms with Gasteiger partial charge in [-0.2, -0.15) is 13.2 Å². The second-order valence-electron chi connectivity index (χ2n) is 5.11. The molecule has 6 nitrogen and oxygen atoms in total. The molecule has 1 saturated carbocycles. The number of halogens is 3. The molecule has 0 saturated heterocycles. The summed E-state index contributed by atoms with van der Waals surface area (Å²) in [5, 5.41) is 23.1. The van der Waals surface area contributed by atoms with Gasteiger partial charge in [-0.15, -0.1) is 0 Å². The van der Waals surface area contributed by atoms with E-state index in [2.05, 4.69) is 10.3 Å². The first kappa shape index (κ1) is 15.5. The minimum atomic E-state index is -4.69. The van der Waals surface area contributed by atoms with Crippen molar-refractivity contribution in [2.45, 2.75) is 37.4 Å². The highest BCUT2D eigenvalue weighted by molar-refractivity contribution is 5.62. The van der Waals surface area contributed by atoms with Crippen LogP contribution in [0.3, 0.4) is 0 Å². The predicted molar refractivity (Wildman–Crippen MR) is 67.8 cm³/mol. The monoisotopic (exact) mass is 305 g/mol. The average Bonchev–Trinajstić information content (AvgIpc) is 2.86. The van der Waals surface area contributed by atoms with Gasteiger partial charge in [0.2, 0.25) is 0 Å². The number of nitrogens with zero attached hydrogens (tertiary/aromatic N) is 2. The Morgan fingerprint density at radius 3 is 2.52 bits per heavy atom. The lowest BCUT2D eigenvalue weighted by Gasteiger charge is -2.29. The molecule has 0 atom stereocenters. The lowest BCUT2D eigenvalue weighted by molar-refractivity contribution is -0.384. The normalized spacial score (nSPS) is 17.7. The molecule has 1 aliphatic rings. The van der Waals surface area contributed by atoms with E-state index in [4.69, 9.17) is 0 Å². The van der Waals surface area contributed by atoms with Gasteiger partial charge in [-0.1, -0.05) is 12.8 Å². The first-order chi connectivity index (χ1) is 9.77. The molecule has 0 unspecified atom stereocenters. The minimum Gasteiger partial charge on any atom is -0.394 e. The Kier molecular flexibility index (Phi) is 4.04. The molecule has 2 rings (SSSR count). The number of rotatable bonds is 4. The summed E-state index contributed by atoms with van der Waals surface area (Å²) in [7, 11) is 0. The van der Waals surface area contributed by atoms with Crippen LogP contribution in [0.15, 0.2) is 12.3 Å². The van der Waals surface area contributed by atoms with Crippen LogP contribution in [0.5, 0.6) is 0 Å². The van der Waals surface area contributed by atoms with E-state index in [-0.39, 0.29) is 12.3 Å². The number of aliphatic hydroxyl groups excluding tert-OH is 1. The smallest absolute Gasteiger partial charge is 0.394 e. The van der Waals surface area contributed by atoms with E-state index in [0.717, 1.165) is 12.8 Å². The van der Waals surface area contributed by atoms with Crippen molar-refractivity contribution in [2.24, 2.45) is 0 Å². The van der Waals surface area contributed by atoms with E-state index in [1.54, 1.807) is 0 Å². The number of hydrogen-bond acceptors (Lipinski definition) is 5. The number of alkyl halides is 3. The molecule has 0 amide bonds. The van der Waals surface area contributed by atoms with E-state index in [1.807, 2.05) is 0 Å². The Hall–Kier alpha value is -1.90. The number of nitrogens with one attached hydrogen (secondary N) is 1. The van der Waals surface area contributed by atoms with Crippen LogP contribution in [-0.2, 0) is 6.18 Å². The van der Waals surface area contributed by atoms with Crippen molar-refractivity contribution < 1.29 is 23.2 Å². The molecule has 0 bridgehead atoms. The van der Waals surface area contributed by atoms with Crippen LogP contribution in [0, 0.1) is 10.1 Å². The fourth-order valence-electron chi connectivity index (χ4n) is 2.51. The van der Waals surface area contributed by atoms with Gasteiger partial charge in [0.25, 0.3) is 0 Å². The molecule has 0 aliphatic heterocycles. The standard InChI is InChI=1S/C12H14F3N3O3/c13-12(14,15)10-5-8(9(6-16-10)18(20)21)17-11(7-19)3-1-2-4-11/h5-6,19H,1-4,7H2,(H,16,17). The van der Waals surface area contributed by atoms with E-state index in [0.29, 0.717) is 25.1 Å². The van der Waals surface area contributed by atoms with Gasteiger partial charge in [-0.25, -0.2) is 4.98 Å². The first-order valence-corrected chi connectivity index (χ1v) is 6.38. The highest BCUT2D eigenvalue weighted by atomic mass is 19.4. The van der Waals surface area contributed by atoms with Crippen LogP contribution < -0.4 is 5.32 Å². The molecule has 1 aromatic rings. The number of pyridine rings is 1. The van der Waals surface area contributed by atoms with Crippen molar-refractivity contribution >= 4 is 11.4 Å². The zero-order valence-corrected chi connectivity index (χ0v) is 11.0. The predicted octanol–water partition coefficient (Wildman–Crippen LogP) is 2.73. The van der Waals surface area contributed by atoms with Gasteiger partial charge in [0, 0.05) is 0 Å². The van der Waals surface area contributed by atoms with Crippen molar-refractivity contribution in [3.63, 3.8) is 0 Å². The number of nitro groups is 1. The zero-order valence-electron chi connectivity index (χ0n) is 11.0. The quantitative estimate of drug-likeness (QED) is 0.659. The molecule has 1 heterocycles. The van der Waals surface area contributed by atoms with Crippen LogP contribution in [0.1, 0.15) is 31.4 Å². The largest absolute Gasteiger partial charge is 0.433 e. The number of anilines is 1. The molecule has 1 aromatic heterocycles. The third-order valence-corrected chi connectivity index (χ3v) is 3.63. The first-order valence-electron chi connectivity index (χ1n) is 6.38. The number of aliphatic hydroxyl groups is 1. The SMILES string of the molecule is O=[N+]([O-])c1cnc(C(F)(F)F)cc1NC1(CO)CCCC1. The molecule has 116 valence electrons. The van der Waals surface area contributed by atoms with Crippen molar-refractivity contribution in [3.05, 3.63) is 28.1 Å². The van der Waals surface area contributed by atoms with Crippen molar-refractivity contribution in [1.29, 1.82) is 0 Å². The minimum absolute atomic E-state index is 0.265. The maximum absolute atomic E-state index is 12.7. The Morgan fingerprint density at radius 2 is 2.05 bits per heavy atom. The molecule has 0 spiro atoms. The molecule has 2 N–H and O–H groups in total. The van der Waals surface area contributed by atoms with E-state index in [9.17, 15) is 28.4 Å².